The van der Waals surface area contributed by atoms with Crippen LogP contribution >= 0.6 is 15.9 Å². The highest BCUT2D eigenvalue weighted by Crippen LogP contribution is 2.34. The lowest BCUT2D eigenvalue weighted by Crippen LogP contribution is -2.34. The summed E-state index contributed by atoms with van der Waals surface area (Å²) in [6.45, 7) is 12.3. The van der Waals surface area contributed by atoms with Crippen LogP contribution in [0, 0.1) is 11.8 Å². The highest BCUT2D eigenvalue weighted by atomic mass is 79.9. The largest absolute Gasteiger partial charge is 0.369 e. The first kappa shape index (κ1) is 16.8. The Morgan fingerprint density at radius 1 is 1.24 bits per heavy atom. The average Bonchev–Trinajstić information content (AvgIpc) is 3.20. The highest BCUT2D eigenvalue weighted by molar-refractivity contribution is 9.10. The minimum absolute atomic E-state index is 0.552. The van der Waals surface area contributed by atoms with Gasteiger partial charge in [-0.3, -0.25) is 0 Å². The van der Waals surface area contributed by atoms with Crippen LogP contribution < -0.4 is 10.2 Å². The van der Waals surface area contributed by atoms with Gasteiger partial charge in [0.15, 0.2) is 0 Å². The molecule has 3 heteroatoms. The third-order valence-electron chi connectivity index (χ3n) is 3.99. The molecule has 118 valence electrons. The molecule has 0 bridgehead atoms. The van der Waals surface area contributed by atoms with Crippen molar-refractivity contribution >= 4 is 21.6 Å². The zero-order valence-electron chi connectivity index (χ0n) is 13.8. The van der Waals surface area contributed by atoms with Gasteiger partial charge in [0, 0.05) is 29.3 Å². The fourth-order valence-corrected chi connectivity index (χ4v) is 3.05. The van der Waals surface area contributed by atoms with Crippen LogP contribution in [-0.2, 0) is 6.54 Å². The predicted octanol–water partition coefficient (Wildman–Crippen LogP) is 4.82. The molecule has 0 heterocycles. The van der Waals surface area contributed by atoms with E-state index in [4.69, 9.17) is 0 Å². The van der Waals surface area contributed by atoms with Crippen LogP contribution in [0.4, 0.5) is 5.69 Å². The Bertz CT molecular complexity index is 453. The fraction of sp³-hybridized carbons (Fsp3) is 0.667. The molecule has 2 nitrogen and oxygen atoms in total. The van der Waals surface area contributed by atoms with E-state index in [0.29, 0.717) is 12.0 Å². The average molecular weight is 353 g/mol. The van der Waals surface area contributed by atoms with Crippen LogP contribution in [-0.4, -0.2) is 19.1 Å². The Balaban J connectivity index is 2.14. The summed E-state index contributed by atoms with van der Waals surface area (Å²) in [5.74, 6) is 1.60. The van der Waals surface area contributed by atoms with E-state index in [1.807, 2.05) is 0 Å². The number of benzene rings is 1. The number of nitrogens with zero attached hydrogens (tertiary/aromatic N) is 1. The lowest BCUT2D eigenvalue weighted by atomic mass is 10.1. The zero-order chi connectivity index (χ0) is 15.4. The standard InChI is InChI=1S/C18H29BrN2/c1-13(2)10-20-11-16-9-17(19)7-8-18(16)21(14(3)4)12-15-5-6-15/h7-9,13-15,20H,5-6,10-12H2,1-4H3. The van der Waals surface area contributed by atoms with E-state index >= 15 is 0 Å². The molecule has 1 aliphatic rings. The van der Waals surface area contributed by atoms with Gasteiger partial charge in [-0.1, -0.05) is 29.8 Å². The minimum atomic E-state index is 0.552. The Labute approximate surface area is 138 Å². The first-order valence-corrected chi connectivity index (χ1v) is 9.02. The number of rotatable bonds is 8. The summed E-state index contributed by atoms with van der Waals surface area (Å²) < 4.78 is 1.17. The quantitative estimate of drug-likeness (QED) is 0.721. The third-order valence-corrected chi connectivity index (χ3v) is 4.49. The normalized spacial score (nSPS) is 15.0. The van der Waals surface area contributed by atoms with Crippen LogP contribution in [0.2, 0.25) is 0 Å². The van der Waals surface area contributed by atoms with Gasteiger partial charge in [0.05, 0.1) is 0 Å². The summed E-state index contributed by atoms with van der Waals surface area (Å²) in [5.41, 5.74) is 2.80. The van der Waals surface area contributed by atoms with Crippen LogP contribution in [0.15, 0.2) is 22.7 Å². The molecule has 1 aromatic rings. The number of anilines is 1. The van der Waals surface area contributed by atoms with E-state index in [1.165, 1.54) is 35.1 Å². The number of hydrogen-bond acceptors (Lipinski definition) is 2. The summed E-state index contributed by atoms with van der Waals surface area (Å²) in [7, 11) is 0. The third kappa shape index (κ3) is 5.30. The molecule has 21 heavy (non-hydrogen) atoms. The van der Waals surface area contributed by atoms with E-state index in [9.17, 15) is 0 Å². The van der Waals surface area contributed by atoms with Crippen molar-refractivity contribution in [3.63, 3.8) is 0 Å². The molecular formula is C18H29BrN2. The molecule has 0 aromatic heterocycles. The van der Waals surface area contributed by atoms with Crippen LogP contribution in [0.3, 0.4) is 0 Å². The summed E-state index contributed by atoms with van der Waals surface area (Å²) >= 11 is 3.62. The Morgan fingerprint density at radius 3 is 2.52 bits per heavy atom. The van der Waals surface area contributed by atoms with E-state index < -0.39 is 0 Å². The highest BCUT2D eigenvalue weighted by Gasteiger charge is 2.26. The van der Waals surface area contributed by atoms with Crippen molar-refractivity contribution in [1.29, 1.82) is 0 Å². The van der Waals surface area contributed by atoms with Gasteiger partial charge in [0.2, 0.25) is 0 Å². The number of halogens is 1. The fourth-order valence-electron chi connectivity index (χ4n) is 2.64. The summed E-state index contributed by atoms with van der Waals surface area (Å²) in [6.07, 6.45) is 2.81. The number of hydrogen-bond donors (Lipinski definition) is 1. The molecular weight excluding hydrogens is 324 g/mol. The molecule has 1 aromatic carbocycles. The Morgan fingerprint density at radius 2 is 1.95 bits per heavy atom. The molecule has 0 amide bonds. The molecule has 2 rings (SSSR count). The second-order valence-electron chi connectivity index (χ2n) is 6.99. The van der Waals surface area contributed by atoms with E-state index in [1.54, 1.807) is 0 Å². The van der Waals surface area contributed by atoms with Crippen molar-refractivity contribution in [1.82, 2.24) is 5.32 Å². The van der Waals surface area contributed by atoms with Crippen molar-refractivity contribution in [2.75, 3.05) is 18.0 Å². The second kappa shape index (κ2) is 7.64. The first-order valence-electron chi connectivity index (χ1n) is 8.23. The minimum Gasteiger partial charge on any atom is -0.369 e. The van der Waals surface area contributed by atoms with Gasteiger partial charge < -0.3 is 10.2 Å². The maximum atomic E-state index is 3.62. The van der Waals surface area contributed by atoms with Gasteiger partial charge in [-0.2, -0.15) is 0 Å². The molecule has 0 saturated heterocycles. The van der Waals surface area contributed by atoms with Crippen molar-refractivity contribution in [3.8, 4) is 0 Å². The summed E-state index contributed by atoms with van der Waals surface area (Å²) in [4.78, 5) is 2.58. The van der Waals surface area contributed by atoms with Gasteiger partial charge in [0.25, 0.3) is 0 Å². The van der Waals surface area contributed by atoms with Crippen molar-refractivity contribution in [2.45, 2.75) is 53.1 Å². The van der Waals surface area contributed by atoms with Crippen LogP contribution in [0.5, 0.6) is 0 Å². The van der Waals surface area contributed by atoms with Gasteiger partial charge in [-0.15, -0.1) is 0 Å². The molecule has 1 aliphatic carbocycles. The van der Waals surface area contributed by atoms with Crippen molar-refractivity contribution < 1.29 is 0 Å². The molecule has 1 fully saturated rings. The maximum absolute atomic E-state index is 3.62. The van der Waals surface area contributed by atoms with E-state index in [2.05, 4.69) is 72.0 Å². The maximum Gasteiger partial charge on any atom is 0.0415 e. The molecule has 0 radical (unpaired) electrons. The van der Waals surface area contributed by atoms with Gasteiger partial charge in [-0.25, -0.2) is 0 Å². The molecule has 0 atom stereocenters. The lowest BCUT2D eigenvalue weighted by Gasteiger charge is -2.31. The molecule has 0 aliphatic heterocycles. The molecule has 1 N–H and O–H groups in total. The Hall–Kier alpha value is -0.540. The SMILES string of the molecule is CC(C)CNCc1cc(Br)ccc1N(CC1CC1)C(C)C. The molecule has 0 spiro atoms. The zero-order valence-corrected chi connectivity index (χ0v) is 15.4. The number of nitrogens with one attached hydrogen (secondary N) is 1. The van der Waals surface area contributed by atoms with Gasteiger partial charge >= 0.3 is 0 Å². The van der Waals surface area contributed by atoms with E-state index in [-0.39, 0.29) is 0 Å². The lowest BCUT2D eigenvalue weighted by molar-refractivity contribution is 0.550. The smallest absolute Gasteiger partial charge is 0.0415 e. The first-order chi connectivity index (χ1) is 9.97. The van der Waals surface area contributed by atoms with E-state index in [0.717, 1.165) is 19.0 Å². The monoisotopic (exact) mass is 352 g/mol. The summed E-state index contributed by atoms with van der Waals surface area (Å²) in [6, 6.07) is 7.27. The summed E-state index contributed by atoms with van der Waals surface area (Å²) in [5, 5.41) is 3.58. The van der Waals surface area contributed by atoms with Crippen LogP contribution in [0.1, 0.15) is 46.1 Å². The topological polar surface area (TPSA) is 15.3 Å². The molecule has 1 saturated carbocycles. The molecule has 0 unspecified atom stereocenters. The van der Waals surface area contributed by atoms with Crippen molar-refractivity contribution in [3.05, 3.63) is 28.2 Å². The van der Waals surface area contributed by atoms with Gasteiger partial charge in [0.1, 0.15) is 0 Å². The predicted molar refractivity (Wildman–Crippen MR) is 95.9 cm³/mol. The Kier molecular flexibility index (Phi) is 6.12. The second-order valence-corrected chi connectivity index (χ2v) is 7.90. The van der Waals surface area contributed by atoms with Crippen LogP contribution in [0.25, 0.3) is 0 Å². The van der Waals surface area contributed by atoms with Crippen molar-refractivity contribution in [2.24, 2.45) is 11.8 Å². The van der Waals surface area contributed by atoms with Gasteiger partial charge in [-0.05, 0) is 68.8 Å².